The summed E-state index contributed by atoms with van der Waals surface area (Å²) in [6, 6.07) is 6.35. The lowest BCUT2D eigenvalue weighted by Crippen LogP contribution is -2.38. The number of hydrogen-bond acceptors (Lipinski definition) is 4. The molecule has 4 heteroatoms. The summed E-state index contributed by atoms with van der Waals surface area (Å²) in [5.41, 5.74) is 9.62. The number of likely N-dealkylation sites (tertiary alicyclic amines) is 1. The molecule has 0 amide bonds. The molecule has 21 heavy (non-hydrogen) atoms. The molecule has 3 N–H and O–H groups in total. The fraction of sp³-hybridized carbons (Fsp3) is 0.647. The first-order valence-corrected chi connectivity index (χ1v) is 8.39. The highest BCUT2D eigenvalue weighted by atomic mass is 15.2. The largest absolute Gasteiger partial charge is 0.399 e. The van der Waals surface area contributed by atoms with Crippen LogP contribution >= 0.6 is 0 Å². The van der Waals surface area contributed by atoms with E-state index in [9.17, 15) is 0 Å². The second kappa shape index (κ2) is 7.14. The van der Waals surface area contributed by atoms with E-state index in [1.165, 1.54) is 56.6 Å². The first-order chi connectivity index (χ1) is 10.3. The number of nitrogens with one attached hydrogen (secondary N) is 1. The molecule has 1 saturated heterocycles. The Balaban J connectivity index is 1.42. The lowest BCUT2D eigenvalue weighted by Gasteiger charge is -2.31. The van der Waals surface area contributed by atoms with Gasteiger partial charge in [-0.15, -0.1) is 0 Å². The molecule has 0 aliphatic carbocycles. The Morgan fingerprint density at radius 2 is 1.81 bits per heavy atom. The molecule has 1 aromatic rings. The van der Waals surface area contributed by atoms with Crippen LogP contribution in [-0.4, -0.2) is 50.7 Å². The van der Waals surface area contributed by atoms with Gasteiger partial charge in [-0.3, -0.25) is 0 Å². The van der Waals surface area contributed by atoms with Crippen molar-refractivity contribution in [3.8, 4) is 0 Å². The van der Waals surface area contributed by atoms with Crippen LogP contribution in [0.15, 0.2) is 18.2 Å². The van der Waals surface area contributed by atoms with E-state index in [1.807, 2.05) is 6.07 Å². The van der Waals surface area contributed by atoms with Crippen LogP contribution in [0.3, 0.4) is 0 Å². The standard InChI is InChI=1S/C17H28N4/c18-16-6-5-15-4-3-11-21(17(15)14-16)13-8-19-7-12-20-9-1-2-10-20/h5-6,14,19H,1-4,7-13,18H2. The molecule has 0 spiro atoms. The Labute approximate surface area is 128 Å². The summed E-state index contributed by atoms with van der Waals surface area (Å²) in [6.07, 6.45) is 5.21. The number of hydrogen-bond donors (Lipinski definition) is 2. The van der Waals surface area contributed by atoms with E-state index in [-0.39, 0.29) is 0 Å². The van der Waals surface area contributed by atoms with Crippen molar-refractivity contribution in [2.45, 2.75) is 25.7 Å². The monoisotopic (exact) mass is 288 g/mol. The highest BCUT2D eigenvalue weighted by Crippen LogP contribution is 2.28. The van der Waals surface area contributed by atoms with Crippen LogP contribution in [0, 0.1) is 0 Å². The van der Waals surface area contributed by atoms with Gasteiger partial charge >= 0.3 is 0 Å². The van der Waals surface area contributed by atoms with E-state index < -0.39 is 0 Å². The predicted molar refractivity (Wildman–Crippen MR) is 89.9 cm³/mol. The van der Waals surface area contributed by atoms with E-state index in [2.05, 4.69) is 27.2 Å². The number of aryl methyl sites for hydroxylation is 1. The molecule has 2 heterocycles. The first kappa shape index (κ1) is 14.7. The molecular weight excluding hydrogens is 260 g/mol. The van der Waals surface area contributed by atoms with Crippen molar-refractivity contribution in [3.63, 3.8) is 0 Å². The molecule has 0 aromatic heterocycles. The van der Waals surface area contributed by atoms with Gasteiger partial charge in [-0.25, -0.2) is 0 Å². The van der Waals surface area contributed by atoms with Gasteiger partial charge in [0, 0.05) is 44.1 Å². The number of nitrogens with two attached hydrogens (primary N) is 1. The summed E-state index contributed by atoms with van der Waals surface area (Å²) < 4.78 is 0. The lowest BCUT2D eigenvalue weighted by atomic mass is 10.0. The zero-order valence-corrected chi connectivity index (χ0v) is 13.0. The molecule has 0 atom stereocenters. The summed E-state index contributed by atoms with van der Waals surface area (Å²) >= 11 is 0. The zero-order chi connectivity index (χ0) is 14.5. The molecule has 3 rings (SSSR count). The number of anilines is 2. The third-order valence-electron chi connectivity index (χ3n) is 4.69. The minimum atomic E-state index is 0.877. The molecular formula is C17H28N4. The summed E-state index contributed by atoms with van der Waals surface area (Å²) in [4.78, 5) is 5.04. The molecule has 0 unspecified atom stereocenters. The van der Waals surface area contributed by atoms with E-state index in [0.29, 0.717) is 0 Å². The van der Waals surface area contributed by atoms with Gasteiger partial charge in [0.05, 0.1) is 0 Å². The van der Waals surface area contributed by atoms with Crippen molar-refractivity contribution < 1.29 is 0 Å². The highest BCUT2D eigenvalue weighted by Gasteiger charge is 2.16. The van der Waals surface area contributed by atoms with Crippen LogP contribution < -0.4 is 16.0 Å². The van der Waals surface area contributed by atoms with Gasteiger partial charge in [0.1, 0.15) is 0 Å². The fourth-order valence-corrected chi connectivity index (χ4v) is 3.48. The maximum absolute atomic E-state index is 5.94. The van der Waals surface area contributed by atoms with Crippen molar-refractivity contribution in [1.29, 1.82) is 0 Å². The van der Waals surface area contributed by atoms with Gasteiger partial charge < -0.3 is 20.9 Å². The van der Waals surface area contributed by atoms with Gasteiger partial charge in [-0.1, -0.05) is 6.07 Å². The molecule has 116 valence electrons. The van der Waals surface area contributed by atoms with E-state index >= 15 is 0 Å². The highest BCUT2D eigenvalue weighted by molar-refractivity contribution is 5.62. The lowest BCUT2D eigenvalue weighted by molar-refractivity contribution is 0.336. The summed E-state index contributed by atoms with van der Waals surface area (Å²) in [5.74, 6) is 0. The van der Waals surface area contributed by atoms with Gasteiger partial charge in [-0.2, -0.15) is 0 Å². The molecule has 1 aromatic carbocycles. The molecule has 1 fully saturated rings. The van der Waals surface area contributed by atoms with Crippen LogP contribution in [0.4, 0.5) is 11.4 Å². The van der Waals surface area contributed by atoms with Crippen molar-refractivity contribution in [1.82, 2.24) is 10.2 Å². The smallest absolute Gasteiger partial charge is 0.0419 e. The van der Waals surface area contributed by atoms with Gasteiger partial charge in [0.2, 0.25) is 0 Å². The average molecular weight is 288 g/mol. The van der Waals surface area contributed by atoms with Crippen LogP contribution in [0.1, 0.15) is 24.8 Å². The molecule has 2 aliphatic heterocycles. The molecule has 2 aliphatic rings. The maximum Gasteiger partial charge on any atom is 0.0419 e. The van der Waals surface area contributed by atoms with Gasteiger partial charge in [0.25, 0.3) is 0 Å². The quantitative estimate of drug-likeness (QED) is 0.618. The first-order valence-electron chi connectivity index (χ1n) is 8.39. The van der Waals surface area contributed by atoms with Crippen molar-refractivity contribution in [2.24, 2.45) is 0 Å². The van der Waals surface area contributed by atoms with E-state index in [0.717, 1.165) is 31.9 Å². The van der Waals surface area contributed by atoms with Crippen molar-refractivity contribution >= 4 is 11.4 Å². The Morgan fingerprint density at radius 1 is 1.00 bits per heavy atom. The van der Waals surface area contributed by atoms with Crippen LogP contribution in [0.5, 0.6) is 0 Å². The predicted octanol–water partition coefficient (Wildman–Crippen LogP) is 1.71. The van der Waals surface area contributed by atoms with Gasteiger partial charge in [-0.05, 0) is 56.5 Å². The topological polar surface area (TPSA) is 44.5 Å². The molecule has 0 saturated carbocycles. The zero-order valence-electron chi connectivity index (χ0n) is 13.0. The SMILES string of the molecule is Nc1ccc2c(c1)N(CCNCCN1CCCC1)CCC2. The van der Waals surface area contributed by atoms with Crippen molar-refractivity contribution in [3.05, 3.63) is 23.8 Å². The van der Waals surface area contributed by atoms with Crippen LogP contribution in [0.2, 0.25) is 0 Å². The Bertz CT molecular complexity index is 454. The second-order valence-corrected chi connectivity index (χ2v) is 6.28. The number of nitrogens with zero attached hydrogens (tertiary/aromatic N) is 2. The minimum absolute atomic E-state index is 0.877. The normalized spacial score (nSPS) is 19.0. The minimum Gasteiger partial charge on any atom is -0.399 e. The number of rotatable bonds is 6. The molecule has 0 bridgehead atoms. The fourth-order valence-electron chi connectivity index (χ4n) is 3.48. The van der Waals surface area contributed by atoms with Crippen LogP contribution in [0.25, 0.3) is 0 Å². The summed E-state index contributed by atoms with van der Waals surface area (Å²) in [7, 11) is 0. The Hall–Kier alpha value is -1.26. The summed E-state index contributed by atoms with van der Waals surface area (Å²) in [5, 5.41) is 3.59. The second-order valence-electron chi connectivity index (χ2n) is 6.28. The van der Waals surface area contributed by atoms with E-state index in [1.54, 1.807) is 0 Å². The van der Waals surface area contributed by atoms with Crippen molar-refractivity contribution in [2.75, 3.05) is 56.4 Å². The summed E-state index contributed by atoms with van der Waals surface area (Å²) in [6.45, 7) is 8.19. The van der Waals surface area contributed by atoms with E-state index in [4.69, 9.17) is 5.73 Å². The number of nitrogen functional groups attached to an aromatic ring is 1. The Morgan fingerprint density at radius 3 is 2.67 bits per heavy atom. The van der Waals surface area contributed by atoms with Crippen LogP contribution in [-0.2, 0) is 6.42 Å². The number of fused-ring (bicyclic) bond motifs is 1. The Kier molecular flexibility index (Phi) is 4.99. The molecule has 4 nitrogen and oxygen atoms in total. The third-order valence-corrected chi connectivity index (χ3v) is 4.69. The maximum atomic E-state index is 5.94. The number of benzene rings is 1. The third kappa shape index (κ3) is 3.89. The van der Waals surface area contributed by atoms with Gasteiger partial charge in [0.15, 0.2) is 0 Å². The molecule has 0 radical (unpaired) electrons. The average Bonchev–Trinajstić information content (AvgIpc) is 3.00.